The van der Waals surface area contributed by atoms with E-state index in [1.807, 2.05) is 83.6 Å². The van der Waals surface area contributed by atoms with E-state index in [2.05, 4.69) is 84.1 Å². The fraction of sp³-hybridized carbons (Fsp3) is 0.341. The molecule has 8 aromatic heterocycles. The normalized spacial score (nSPS) is 20.1. The third-order valence-electron chi connectivity index (χ3n) is 23.0. The van der Waals surface area contributed by atoms with Crippen molar-refractivity contribution in [1.82, 2.24) is 39.9 Å². The summed E-state index contributed by atoms with van der Waals surface area (Å²) in [6.45, 7) is -0.928. The van der Waals surface area contributed by atoms with Crippen molar-refractivity contribution in [2.75, 3.05) is 37.1 Å². The van der Waals surface area contributed by atoms with Crippen LogP contribution in [-0.2, 0) is 96.0 Å². The molecule has 143 heavy (non-hydrogen) atoms. The smallest absolute Gasteiger partial charge is 0.485 e. The predicted molar refractivity (Wildman–Crippen MR) is 532 cm³/mol. The van der Waals surface area contributed by atoms with Gasteiger partial charge in [0.2, 0.25) is 23.1 Å². The SMILES string of the molecule is NS(=O)(=O)OC[C@H]1C[C@@H](Cc2ncncc2C(=O)c2cc(COc3ccccc3OC(F)(F)F)cs2)C[C@@H]1O.NS(=O)(=O)OC[C@H]1C[C@@H](Cc2ncncc2C(=O)c2cc(CSc3ccccc3)cs2)C[C@@H]1O.NS(=O)(=O)OC[C@H]1C[C@@H](Nc2ncncc2C(=O)c2cc(CCc3ccc(Cl)cc3)cs2)C[C@@H]1O.NS(=O)(=O)OC[C@H]1C[C@@H](Nc2ncncc2C(=O)c2cc(Sc3cccc(Cl)c3)c(Cl)s2)C[C@@H]1O. The Morgan fingerprint density at radius 1 is 0.441 bits per heavy atom. The third-order valence-corrected chi connectivity index (χ3v) is 32.0. The molecular weight excluding hydrogens is 2130 g/mol. The number of aryl methyl sites for hydroxylation is 2. The fourth-order valence-corrected chi connectivity index (χ4v) is 24.0. The number of ether oxygens (including phenoxy) is 2. The van der Waals surface area contributed by atoms with Crippen LogP contribution in [0, 0.1) is 35.5 Å². The number of aliphatic hydroxyl groups excluding tert-OH is 4. The van der Waals surface area contributed by atoms with Crippen LogP contribution < -0.4 is 40.7 Å². The number of nitrogens with zero attached hydrogens (tertiary/aromatic N) is 8. The summed E-state index contributed by atoms with van der Waals surface area (Å²) in [5.41, 5.74) is 6.29. The van der Waals surface area contributed by atoms with Crippen LogP contribution in [0.15, 0.2) is 208 Å². The van der Waals surface area contributed by atoms with E-state index in [0.717, 1.165) is 68.3 Å². The maximum absolute atomic E-state index is 13.3. The molecule has 0 radical (unpaired) electrons. The highest BCUT2D eigenvalue weighted by Gasteiger charge is 2.41. The largest absolute Gasteiger partial charge is 0.573 e. The Bertz CT molecular complexity index is 6900. The summed E-state index contributed by atoms with van der Waals surface area (Å²) in [5, 5.41) is 74.0. The van der Waals surface area contributed by atoms with Gasteiger partial charge in [-0.3, -0.25) is 35.9 Å². The lowest BCUT2D eigenvalue weighted by atomic mass is 9.96. The Kier molecular flexibility index (Phi) is 39.3. The first-order valence-electron chi connectivity index (χ1n) is 43.6. The summed E-state index contributed by atoms with van der Waals surface area (Å²) >= 11 is 26.6. The Morgan fingerprint density at radius 2 is 0.853 bits per heavy atom. The van der Waals surface area contributed by atoms with Gasteiger partial charge in [0.15, 0.2) is 11.5 Å². The number of alkyl halides is 3. The predicted octanol–water partition coefficient (Wildman–Crippen LogP) is 13.6. The summed E-state index contributed by atoms with van der Waals surface area (Å²) in [6, 6.07) is 37.1. The van der Waals surface area contributed by atoms with Gasteiger partial charge in [0.1, 0.15) is 47.9 Å². The van der Waals surface area contributed by atoms with Gasteiger partial charge in [-0.05, 0) is 201 Å². The third kappa shape index (κ3) is 34.3. The average molecular weight is 2220 g/mol. The van der Waals surface area contributed by atoms with Gasteiger partial charge in [-0.25, -0.2) is 60.4 Å². The minimum atomic E-state index is -4.87. The van der Waals surface area contributed by atoms with Gasteiger partial charge in [0.05, 0.1) is 104 Å². The number of thioether (sulfide) groups is 1. The minimum Gasteiger partial charge on any atom is -0.485 e. The molecule has 0 spiro atoms. The van der Waals surface area contributed by atoms with Crippen LogP contribution in [0.1, 0.15) is 146 Å². The Balaban J connectivity index is 0.000000160. The summed E-state index contributed by atoms with van der Waals surface area (Å²) in [4.78, 5) is 90.9. The van der Waals surface area contributed by atoms with Crippen LogP contribution in [0.2, 0.25) is 14.4 Å². The summed E-state index contributed by atoms with van der Waals surface area (Å²) in [5.74, 6) is -1.74. The molecule has 4 saturated carbocycles. The Hall–Kier alpha value is -9.44. The van der Waals surface area contributed by atoms with Gasteiger partial charge >= 0.3 is 47.6 Å². The summed E-state index contributed by atoms with van der Waals surface area (Å²) < 4.78 is 155. The van der Waals surface area contributed by atoms with Crippen molar-refractivity contribution in [2.24, 2.45) is 56.1 Å². The van der Waals surface area contributed by atoms with Crippen LogP contribution in [0.4, 0.5) is 24.8 Å². The number of nitrogens with two attached hydrogens (primary N) is 4. The molecule has 12 atom stereocenters. The highest BCUT2D eigenvalue weighted by Crippen LogP contribution is 2.44. The van der Waals surface area contributed by atoms with E-state index in [0.29, 0.717) is 138 Å². The molecule has 14 N–H and O–H groups in total. The lowest BCUT2D eigenvalue weighted by Crippen LogP contribution is -2.24. The molecule has 0 unspecified atom stereocenters. The molecule has 8 heterocycles. The first kappa shape index (κ1) is 111. The number of anilines is 2. The summed E-state index contributed by atoms with van der Waals surface area (Å²) in [6.07, 6.45) is 9.11. The number of carbonyl (C=O) groups is 4. The Labute approximate surface area is 860 Å². The number of hydrogen-bond acceptors (Lipinski definition) is 38. The van der Waals surface area contributed by atoms with Crippen molar-refractivity contribution >= 4 is 180 Å². The van der Waals surface area contributed by atoms with Crippen molar-refractivity contribution < 1.29 is 113 Å². The minimum absolute atomic E-state index is 0.0340. The van der Waals surface area contributed by atoms with E-state index in [9.17, 15) is 86.4 Å². The van der Waals surface area contributed by atoms with Crippen molar-refractivity contribution in [3.8, 4) is 11.5 Å². The number of carbonyl (C=O) groups excluding carboxylic acids is 4. The van der Waals surface area contributed by atoms with E-state index in [-0.39, 0.29) is 103 Å². The molecule has 4 aliphatic carbocycles. The van der Waals surface area contributed by atoms with Crippen LogP contribution >= 0.6 is 104 Å². The molecule has 12 aromatic rings. The number of benzene rings is 4. The number of aromatic nitrogens is 8. The van der Waals surface area contributed by atoms with Crippen LogP contribution in [-0.4, -0.2) is 186 Å². The molecule has 0 saturated heterocycles. The Morgan fingerprint density at radius 3 is 1.34 bits per heavy atom. The first-order valence-corrected chi connectivity index (χ1v) is 55.9. The molecule has 0 amide bonds. The highest BCUT2D eigenvalue weighted by molar-refractivity contribution is 7.99. The quantitative estimate of drug-likeness (QED) is 0.0126. The molecule has 4 fully saturated rings. The van der Waals surface area contributed by atoms with Crippen molar-refractivity contribution in [1.29, 1.82) is 0 Å². The molecule has 4 aliphatic rings. The number of thiophene rings is 4. The van der Waals surface area contributed by atoms with Crippen LogP contribution in [0.3, 0.4) is 0 Å². The number of para-hydroxylation sites is 2. The van der Waals surface area contributed by atoms with Gasteiger partial charge < -0.3 is 40.5 Å². The number of aliphatic hydroxyl groups is 4. The zero-order valence-electron chi connectivity index (χ0n) is 75.0. The molecular formula is C91H94Cl3F3N14O22S10. The van der Waals surface area contributed by atoms with Gasteiger partial charge in [-0.2, -0.15) is 33.7 Å². The number of rotatable bonds is 40. The molecule has 36 nitrogen and oxygen atoms in total. The van der Waals surface area contributed by atoms with Crippen molar-refractivity contribution in [3.05, 3.63) is 283 Å². The maximum Gasteiger partial charge on any atom is 0.573 e. The van der Waals surface area contributed by atoms with Crippen LogP contribution in [0.5, 0.6) is 11.5 Å². The van der Waals surface area contributed by atoms with Crippen molar-refractivity contribution in [3.63, 3.8) is 0 Å². The molecule has 52 heteroatoms. The molecule has 4 aromatic carbocycles. The van der Waals surface area contributed by atoms with Crippen LogP contribution in [0.25, 0.3) is 0 Å². The maximum atomic E-state index is 13.3. The molecule has 16 rings (SSSR count). The van der Waals surface area contributed by atoms with E-state index in [1.165, 1.54) is 113 Å². The number of hydrogen-bond donors (Lipinski definition) is 10. The van der Waals surface area contributed by atoms with E-state index >= 15 is 0 Å². The van der Waals surface area contributed by atoms with Gasteiger partial charge in [-0.15, -0.1) is 70.3 Å². The lowest BCUT2D eigenvalue weighted by molar-refractivity contribution is -0.275. The van der Waals surface area contributed by atoms with E-state index < -0.39 is 95.5 Å². The zero-order valence-corrected chi connectivity index (χ0v) is 85.4. The molecule has 0 bridgehead atoms. The second-order valence-corrected chi connectivity index (χ2v) is 45.9. The van der Waals surface area contributed by atoms with Gasteiger partial charge in [0.25, 0.3) is 0 Å². The van der Waals surface area contributed by atoms with Crippen molar-refractivity contribution in [2.45, 2.75) is 147 Å². The number of nitrogens with one attached hydrogen (secondary N) is 2. The highest BCUT2D eigenvalue weighted by atomic mass is 35.5. The summed E-state index contributed by atoms with van der Waals surface area (Å²) in [7, 11) is -16.4. The van der Waals surface area contributed by atoms with E-state index in [4.69, 9.17) is 60.1 Å². The molecule has 762 valence electrons. The standard InChI is InChI=1S/C24H24F3N3O7S2.C23H25ClN4O5S2.C23H25N3O5S3.C21H20Cl2N4O5S3/c25-24(26,27)37-21-4-2-1-3-20(21)35-10-15-8-22(38-12-15)23(32)17-9-29-13-30-18(17)6-14-5-16(19(31)7-14)11-36-39(28,33)34;24-17-5-3-14(4-6-17)1-2-15-7-21(34-12-15)22(30)19-10-26-13-27-23(19)28-18-8-16(20(29)9-18)11-33-35(25,31)32;24-34(29,30)31-11-17-6-15(8-21(17)27)7-20-19(10-25-14-26-20)23(28)22-9-16(13-33-22)12-32-18-4-2-1-3-5-18;22-12-2-1-3-14(5-12)33-18-7-17(34-20(18)23)19(29)15-8-25-10-26-21(15)27-13-4-11(16(28)6-13)9-32-35(24,30)31/h1-4,8-9,12-14,16,19,31H,5-7,10-11H2,(H2,28,33,34);3-7,10,12-13,16,18,20,29H,1-2,8-9,11H2,(H2,25,31,32)(H,26,27,28);1-5,9-10,13-15,17,21,27H,6-8,11-12H2,(H2,24,29,30);1-3,5,7-8,10-11,13,16,28H,4,6,9H2,(H2,24,30,31)(H,25,26,27)/t14-,16+,19-;16-,18-,20+;15-,17+,21-;11-,13-,16+/m0101/s1. The van der Waals surface area contributed by atoms with Gasteiger partial charge in [-0.1, -0.05) is 95.1 Å². The molecule has 0 aliphatic heterocycles. The van der Waals surface area contributed by atoms with E-state index in [1.54, 1.807) is 35.3 Å². The van der Waals surface area contributed by atoms with Gasteiger partial charge in [0, 0.05) is 96.6 Å². The lowest BCUT2D eigenvalue weighted by Gasteiger charge is -2.15. The fourth-order valence-electron chi connectivity index (χ4n) is 16.3. The monoisotopic (exact) mass is 2220 g/mol. The topological polar surface area (TPSA) is 572 Å². The zero-order chi connectivity index (χ0) is 103. The first-order chi connectivity index (χ1) is 67.9. The number of halogens is 6. The second kappa shape index (κ2) is 50.8. The average Bonchev–Trinajstić information content (AvgIpc) is 1.74. The second-order valence-electron chi connectivity index (χ2n) is 33.6. The number of ketones is 4.